The standard InChI is InChI=1S/C15H22BrN3O4/c1-3-18-7-11(16)6-13(18)15(22)19-4-5-23-12(9-19)8-17(2)10-14(20)21/h6-7,12H,3-5,8-10H2,1-2H3,(H,20,21). The summed E-state index contributed by atoms with van der Waals surface area (Å²) in [5.41, 5.74) is 0.652. The van der Waals surface area contributed by atoms with Crippen LogP contribution in [-0.2, 0) is 16.1 Å². The molecule has 0 spiro atoms. The van der Waals surface area contributed by atoms with Gasteiger partial charge in [-0.15, -0.1) is 0 Å². The lowest BCUT2D eigenvalue weighted by molar-refractivity contribution is -0.138. The molecule has 1 aromatic heterocycles. The summed E-state index contributed by atoms with van der Waals surface area (Å²) in [5, 5.41) is 8.81. The maximum absolute atomic E-state index is 12.7. The number of carbonyl (C=O) groups is 2. The van der Waals surface area contributed by atoms with E-state index in [1.54, 1.807) is 16.8 Å². The number of carboxylic acid groups (broad SMARTS) is 1. The highest BCUT2D eigenvalue weighted by molar-refractivity contribution is 9.10. The summed E-state index contributed by atoms with van der Waals surface area (Å²) in [6.07, 6.45) is 1.72. The van der Waals surface area contributed by atoms with Crippen LogP contribution in [-0.4, -0.2) is 77.3 Å². The van der Waals surface area contributed by atoms with E-state index >= 15 is 0 Å². The molecule has 2 rings (SSSR count). The van der Waals surface area contributed by atoms with E-state index in [-0.39, 0.29) is 18.6 Å². The van der Waals surface area contributed by atoms with E-state index in [1.165, 1.54) is 0 Å². The maximum Gasteiger partial charge on any atom is 0.317 e. The molecular weight excluding hydrogens is 366 g/mol. The fourth-order valence-corrected chi connectivity index (χ4v) is 3.20. The van der Waals surface area contributed by atoms with Crippen molar-refractivity contribution in [1.29, 1.82) is 0 Å². The van der Waals surface area contributed by atoms with Crippen molar-refractivity contribution in [1.82, 2.24) is 14.4 Å². The van der Waals surface area contributed by atoms with Crippen LogP contribution in [0.2, 0.25) is 0 Å². The molecule has 23 heavy (non-hydrogen) atoms. The summed E-state index contributed by atoms with van der Waals surface area (Å²) in [5.74, 6) is -0.895. The summed E-state index contributed by atoms with van der Waals surface area (Å²) in [6, 6.07) is 1.83. The van der Waals surface area contributed by atoms with Crippen LogP contribution in [0.4, 0.5) is 0 Å². The molecule has 0 aliphatic carbocycles. The smallest absolute Gasteiger partial charge is 0.317 e. The molecule has 0 radical (unpaired) electrons. The van der Waals surface area contributed by atoms with Gasteiger partial charge in [0.25, 0.3) is 5.91 Å². The highest BCUT2D eigenvalue weighted by Gasteiger charge is 2.27. The zero-order valence-corrected chi connectivity index (χ0v) is 15.0. The Morgan fingerprint density at radius 3 is 2.91 bits per heavy atom. The Labute approximate surface area is 143 Å². The molecule has 1 unspecified atom stereocenters. The number of carboxylic acids is 1. The molecule has 1 aromatic rings. The summed E-state index contributed by atoms with van der Waals surface area (Å²) in [6.45, 7) is 4.63. The van der Waals surface area contributed by atoms with Crippen LogP contribution in [0.3, 0.4) is 0 Å². The van der Waals surface area contributed by atoms with Crippen molar-refractivity contribution in [3.05, 3.63) is 22.4 Å². The lowest BCUT2D eigenvalue weighted by Gasteiger charge is -2.34. The SMILES string of the molecule is CCn1cc(Br)cc1C(=O)N1CCOC(CN(C)CC(=O)O)C1. The van der Waals surface area contributed by atoms with Gasteiger partial charge in [-0.25, -0.2) is 0 Å². The number of aliphatic carboxylic acids is 1. The number of amides is 1. The van der Waals surface area contributed by atoms with Crippen LogP contribution in [0, 0.1) is 0 Å². The Hall–Kier alpha value is -1.38. The van der Waals surface area contributed by atoms with Crippen molar-refractivity contribution in [3.63, 3.8) is 0 Å². The summed E-state index contributed by atoms with van der Waals surface area (Å²) < 4.78 is 8.46. The maximum atomic E-state index is 12.7. The first-order valence-corrected chi connectivity index (χ1v) is 8.37. The van der Waals surface area contributed by atoms with Gasteiger partial charge in [0.05, 0.1) is 19.3 Å². The Balaban J connectivity index is 2.00. The molecule has 0 aromatic carbocycles. The number of aryl methyl sites for hydroxylation is 1. The summed E-state index contributed by atoms with van der Waals surface area (Å²) in [4.78, 5) is 26.9. The molecule has 1 fully saturated rings. The normalized spacial score (nSPS) is 18.4. The van der Waals surface area contributed by atoms with Gasteiger partial charge in [0.1, 0.15) is 5.69 Å². The molecule has 1 aliphatic rings. The fourth-order valence-electron chi connectivity index (χ4n) is 2.73. The predicted molar refractivity (Wildman–Crippen MR) is 88.6 cm³/mol. The second kappa shape index (κ2) is 7.94. The number of hydrogen-bond acceptors (Lipinski definition) is 4. The Morgan fingerprint density at radius 2 is 2.26 bits per heavy atom. The number of likely N-dealkylation sites (N-methyl/N-ethyl adjacent to an activating group) is 1. The van der Waals surface area contributed by atoms with Crippen molar-refractivity contribution in [2.75, 3.05) is 39.8 Å². The molecule has 8 heteroatoms. The summed E-state index contributed by atoms with van der Waals surface area (Å²) >= 11 is 3.41. The number of ether oxygens (including phenoxy) is 1. The molecule has 2 heterocycles. The topological polar surface area (TPSA) is 75.0 Å². The van der Waals surface area contributed by atoms with Crippen LogP contribution >= 0.6 is 15.9 Å². The van der Waals surface area contributed by atoms with Gasteiger partial charge in [-0.3, -0.25) is 14.5 Å². The molecule has 1 atom stereocenters. The van der Waals surface area contributed by atoms with Crippen LogP contribution in [0.5, 0.6) is 0 Å². The first-order valence-electron chi connectivity index (χ1n) is 7.57. The van der Waals surface area contributed by atoms with E-state index in [4.69, 9.17) is 9.84 Å². The van der Waals surface area contributed by atoms with Gasteiger partial charge in [0.15, 0.2) is 0 Å². The quantitative estimate of drug-likeness (QED) is 0.791. The number of rotatable bonds is 6. The monoisotopic (exact) mass is 387 g/mol. The van der Waals surface area contributed by atoms with Crippen LogP contribution in [0.25, 0.3) is 0 Å². The predicted octanol–water partition coefficient (Wildman–Crippen LogP) is 1.13. The Morgan fingerprint density at radius 1 is 1.52 bits per heavy atom. The number of nitrogens with zero attached hydrogens (tertiary/aromatic N) is 3. The molecule has 1 aliphatic heterocycles. The van der Waals surface area contributed by atoms with Crippen molar-refractivity contribution in [2.45, 2.75) is 19.6 Å². The minimum Gasteiger partial charge on any atom is -0.480 e. The third kappa shape index (κ3) is 4.79. The van der Waals surface area contributed by atoms with Gasteiger partial charge in [0.2, 0.25) is 0 Å². The van der Waals surface area contributed by atoms with Crippen LogP contribution in [0.15, 0.2) is 16.7 Å². The van der Waals surface area contributed by atoms with E-state index in [2.05, 4.69) is 15.9 Å². The van der Waals surface area contributed by atoms with Crippen molar-refractivity contribution in [2.24, 2.45) is 0 Å². The van der Waals surface area contributed by atoms with Crippen LogP contribution in [0.1, 0.15) is 17.4 Å². The molecule has 0 bridgehead atoms. The van der Waals surface area contributed by atoms with Crippen LogP contribution < -0.4 is 0 Å². The minimum atomic E-state index is -0.873. The number of aromatic nitrogens is 1. The molecular formula is C15H22BrN3O4. The van der Waals surface area contributed by atoms with E-state index in [9.17, 15) is 9.59 Å². The van der Waals surface area contributed by atoms with Crippen molar-refractivity contribution in [3.8, 4) is 0 Å². The first-order chi connectivity index (χ1) is 10.9. The van der Waals surface area contributed by atoms with E-state index in [0.717, 1.165) is 11.0 Å². The Kier molecular flexibility index (Phi) is 6.20. The Bertz CT molecular complexity index is 575. The average Bonchev–Trinajstić information content (AvgIpc) is 2.87. The van der Waals surface area contributed by atoms with Gasteiger partial charge in [-0.2, -0.15) is 0 Å². The average molecular weight is 388 g/mol. The highest BCUT2D eigenvalue weighted by atomic mass is 79.9. The third-order valence-electron chi connectivity index (χ3n) is 3.77. The van der Waals surface area contributed by atoms with Crippen molar-refractivity contribution < 1.29 is 19.4 Å². The van der Waals surface area contributed by atoms with Gasteiger partial charge in [0, 0.05) is 36.8 Å². The van der Waals surface area contributed by atoms with Gasteiger partial charge < -0.3 is 19.3 Å². The van der Waals surface area contributed by atoms with Gasteiger partial charge in [-0.1, -0.05) is 0 Å². The molecule has 1 saturated heterocycles. The number of hydrogen-bond donors (Lipinski definition) is 1. The third-order valence-corrected chi connectivity index (χ3v) is 4.20. The van der Waals surface area contributed by atoms with Crippen molar-refractivity contribution >= 4 is 27.8 Å². The number of carbonyl (C=O) groups excluding carboxylic acids is 1. The molecule has 1 amide bonds. The van der Waals surface area contributed by atoms with Gasteiger partial charge >= 0.3 is 5.97 Å². The second-order valence-corrected chi connectivity index (χ2v) is 6.58. The van der Waals surface area contributed by atoms with Gasteiger partial charge in [-0.05, 0) is 36.0 Å². The summed E-state index contributed by atoms with van der Waals surface area (Å²) in [7, 11) is 1.73. The van der Waals surface area contributed by atoms with E-state index in [0.29, 0.717) is 31.9 Å². The number of morpholine rings is 1. The van der Waals surface area contributed by atoms with E-state index in [1.807, 2.05) is 23.8 Å². The zero-order valence-electron chi connectivity index (χ0n) is 13.4. The molecule has 0 saturated carbocycles. The fraction of sp³-hybridized carbons (Fsp3) is 0.600. The zero-order chi connectivity index (χ0) is 17.0. The largest absolute Gasteiger partial charge is 0.480 e. The molecule has 1 N–H and O–H groups in total. The molecule has 7 nitrogen and oxygen atoms in total. The highest BCUT2D eigenvalue weighted by Crippen LogP contribution is 2.18. The second-order valence-electron chi connectivity index (χ2n) is 5.66. The minimum absolute atomic E-state index is 0.0215. The lowest BCUT2D eigenvalue weighted by Crippen LogP contribution is -2.50. The molecule has 128 valence electrons. The number of halogens is 1. The van der Waals surface area contributed by atoms with E-state index < -0.39 is 5.97 Å². The first kappa shape index (κ1) is 18.0. The lowest BCUT2D eigenvalue weighted by atomic mass is 10.2.